The van der Waals surface area contributed by atoms with E-state index in [0.29, 0.717) is 0 Å². The summed E-state index contributed by atoms with van der Waals surface area (Å²) in [5.74, 6) is -0.445. The zero-order chi connectivity index (χ0) is 12.8. The van der Waals surface area contributed by atoms with Gasteiger partial charge >= 0.3 is 0 Å². The molecule has 0 heterocycles. The van der Waals surface area contributed by atoms with Gasteiger partial charge in [-0.1, -0.05) is 32.0 Å². The highest BCUT2D eigenvalue weighted by Crippen LogP contribution is 2.12. The predicted octanol–water partition coefficient (Wildman–Crippen LogP) is 1.71. The molecule has 0 unspecified atom stereocenters. The third-order valence-electron chi connectivity index (χ3n) is 2.37. The molecule has 0 aromatic heterocycles. The van der Waals surface area contributed by atoms with E-state index >= 15 is 0 Å². The quantitative estimate of drug-likeness (QED) is 0.833. The molecule has 0 saturated heterocycles. The van der Waals surface area contributed by atoms with E-state index in [1.54, 1.807) is 13.8 Å². The van der Waals surface area contributed by atoms with Crippen LogP contribution in [0, 0.1) is 12.8 Å². The summed E-state index contributed by atoms with van der Waals surface area (Å²) in [5.41, 5.74) is 1.77. The second-order valence-electron chi connectivity index (χ2n) is 4.24. The lowest BCUT2D eigenvalue weighted by molar-refractivity contribution is -0.126. The van der Waals surface area contributed by atoms with Gasteiger partial charge in [-0.2, -0.15) is 0 Å². The minimum atomic E-state index is -0.215. The van der Waals surface area contributed by atoms with Crippen LogP contribution >= 0.6 is 0 Å². The molecular weight excluding hydrogens is 216 g/mol. The SMILES string of the molecule is Cc1ccccc1NC(=O)CNC(=O)C(C)C. The summed E-state index contributed by atoms with van der Waals surface area (Å²) in [6.45, 7) is 5.50. The standard InChI is InChI=1S/C13H18N2O2/c1-9(2)13(17)14-8-12(16)15-11-7-5-4-6-10(11)3/h4-7,9H,8H2,1-3H3,(H,14,17)(H,15,16). The van der Waals surface area contributed by atoms with E-state index in [1.165, 1.54) is 0 Å². The largest absolute Gasteiger partial charge is 0.347 e. The first kappa shape index (κ1) is 13.2. The maximum Gasteiger partial charge on any atom is 0.243 e. The number of carbonyl (C=O) groups excluding carboxylic acids is 2. The molecule has 17 heavy (non-hydrogen) atoms. The Morgan fingerprint density at radius 1 is 1.24 bits per heavy atom. The maximum absolute atomic E-state index is 11.6. The van der Waals surface area contributed by atoms with Crippen molar-refractivity contribution in [2.45, 2.75) is 20.8 Å². The van der Waals surface area contributed by atoms with Crippen molar-refractivity contribution < 1.29 is 9.59 Å². The molecule has 2 N–H and O–H groups in total. The van der Waals surface area contributed by atoms with E-state index in [1.807, 2.05) is 31.2 Å². The Morgan fingerprint density at radius 3 is 2.47 bits per heavy atom. The van der Waals surface area contributed by atoms with Gasteiger partial charge in [-0.3, -0.25) is 9.59 Å². The molecule has 0 aliphatic rings. The molecule has 0 bridgehead atoms. The molecule has 0 atom stereocenters. The minimum absolute atomic E-state index is 0.00531. The molecule has 0 spiro atoms. The molecule has 2 amide bonds. The monoisotopic (exact) mass is 234 g/mol. The van der Waals surface area contributed by atoms with E-state index in [0.717, 1.165) is 11.3 Å². The van der Waals surface area contributed by atoms with Crippen LogP contribution < -0.4 is 10.6 Å². The molecule has 0 aliphatic carbocycles. The Hall–Kier alpha value is -1.84. The van der Waals surface area contributed by atoms with Crippen LogP contribution in [0.2, 0.25) is 0 Å². The van der Waals surface area contributed by atoms with Crippen molar-refractivity contribution in [3.05, 3.63) is 29.8 Å². The molecule has 4 heteroatoms. The fraction of sp³-hybridized carbons (Fsp3) is 0.385. The van der Waals surface area contributed by atoms with Crippen molar-refractivity contribution in [1.29, 1.82) is 0 Å². The van der Waals surface area contributed by atoms with Crippen LogP contribution in [0.5, 0.6) is 0 Å². The summed E-state index contributed by atoms with van der Waals surface area (Å²) in [5, 5.41) is 5.32. The molecule has 4 nitrogen and oxygen atoms in total. The average molecular weight is 234 g/mol. The zero-order valence-corrected chi connectivity index (χ0v) is 10.4. The molecule has 1 aromatic rings. The Kier molecular flexibility index (Phi) is 4.69. The molecule has 92 valence electrons. The first-order chi connectivity index (χ1) is 8.00. The van der Waals surface area contributed by atoms with Gasteiger partial charge < -0.3 is 10.6 Å². The van der Waals surface area contributed by atoms with Crippen molar-refractivity contribution in [2.75, 3.05) is 11.9 Å². The molecule has 0 aliphatic heterocycles. The lowest BCUT2D eigenvalue weighted by Gasteiger charge is -2.10. The summed E-state index contributed by atoms with van der Waals surface area (Å²) in [6, 6.07) is 7.51. The van der Waals surface area contributed by atoms with Gasteiger partial charge in [0.15, 0.2) is 0 Å². The number of aryl methyl sites for hydroxylation is 1. The van der Waals surface area contributed by atoms with Crippen molar-refractivity contribution in [2.24, 2.45) is 5.92 Å². The average Bonchev–Trinajstić information content (AvgIpc) is 2.29. The van der Waals surface area contributed by atoms with Crippen LogP contribution in [0.15, 0.2) is 24.3 Å². The number of carbonyl (C=O) groups is 2. The first-order valence-electron chi connectivity index (χ1n) is 5.64. The molecule has 0 radical (unpaired) electrons. The van der Waals surface area contributed by atoms with E-state index in [9.17, 15) is 9.59 Å². The van der Waals surface area contributed by atoms with E-state index in [4.69, 9.17) is 0 Å². The highest BCUT2D eigenvalue weighted by atomic mass is 16.2. The number of hydrogen-bond acceptors (Lipinski definition) is 2. The third-order valence-corrected chi connectivity index (χ3v) is 2.37. The summed E-state index contributed by atoms with van der Waals surface area (Å²) in [4.78, 5) is 22.8. The van der Waals surface area contributed by atoms with Crippen molar-refractivity contribution in [3.63, 3.8) is 0 Å². The number of benzene rings is 1. The highest BCUT2D eigenvalue weighted by molar-refractivity contribution is 5.95. The van der Waals surface area contributed by atoms with Crippen LogP contribution in [-0.2, 0) is 9.59 Å². The lowest BCUT2D eigenvalue weighted by atomic mass is 10.2. The van der Waals surface area contributed by atoms with Crippen LogP contribution in [0.3, 0.4) is 0 Å². The van der Waals surface area contributed by atoms with Crippen LogP contribution in [0.4, 0.5) is 5.69 Å². The van der Waals surface area contributed by atoms with Gasteiger partial charge in [-0.25, -0.2) is 0 Å². The summed E-state index contributed by atoms with van der Waals surface area (Å²) in [7, 11) is 0. The molecule has 0 fully saturated rings. The highest BCUT2D eigenvalue weighted by Gasteiger charge is 2.09. The smallest absolute Gasteiger partial charge is 0.243 e. The number of amides is 2. The Morgan fingerprint density at radius 2 is 1.88 bits per heavy atom. The van der Waals surface area contributed by atoms with Gasteiger partial charge in [0.1, 0.15) is 0 Å². The Labute approximate surface area is 101 Å². The maximum atomic E-state index is 11.6. The second-order valence-corrected chi connectivity index (χ2v) is 4.24. The van der Waals surface area contributed by atoms with E-state index in [-0.39, 0.29) is 24.3 Å². The van der Waals surface area contributed by atoms with Gasteiger partial charge in [0.2, 0.25) is 11.8 Å². The first-order valence-corrected chi connectivity index (χ1v) is 5.64. The number of anilines is 1. The summed E-state index contributed by atoms with van der Waals surface area (Å²) >= 11 is 0. The van der Waals surface area contributed by atoms with Gasteiger partial charge in [0, 0.05) is 11.6 Å². The van der Waals surface area contributed by atoms with Crippen LogP contribution in [0.25, 0.3) is 0 Å². The van der Waals surface area contributed by atoms with E-state index in [2.05, 4.69) is 10.6 Å². The summed E-state index contributed by atoms with van der Waals surface area (Å²) in [6.07, 6.45) is 0. The topological polar surface area (TPSA) is 58.2 Å². The number of rotatable bonds is 4. The Bertz CT molecular complexity index is 414. The lowest BCUT2D eigenvalue weighted by Crippen LogP contribution is -2.35. The molecule has 1 aromatic carbocycles. The van der Waals surface area contributed by atoms with Gasteiger partial charge in [-0.15, -0.1) is 0 Å². The van der Waals surface area contributed by atoms with Gasteiger partial charge in [0.05, 0.1) is 6.54 Å². The second kappa shape index (κ2) is 6.03. The molecule has 0 saturated carbocycles. The van der Waals surface area contributed by atoms with Crippen molar-refractivity contribution in [3.8, 4) is 0 Å². The number of hydrogen-bond donors (Lipinski definition) is 2. The van der Waals surface area contributed by atoms with Gasteiger partial charge in [0.25, 0.3) is 0 Å². The number of para-hydroxylation sites is 1. The zero-order valence-electron chi connectivity index (χ0n) is 10.4. The number of nitrogens with one attached hydrogen (secondary N) is 2. The molecular formula is C13H18N2O2. The minimum Gasteiger partial charge on any atom is -0.347 e. The van der Waals surface area contributed by atoms with E-state index < -0.39 is 0 Å². The van der Waals surface area contributed by atoms with Crippen molar-refractivity contribution in [1.82, 2.24) is 5.32 Å². The fourth-order valence-electron chi connectivity index (χ4n) is 1.28. The summed E-state index contributed by atoms with van der Waals surface area (Å²) < 4.78 is 0. The normalized spacial score (nSPS) is 10.1. The Balaban J connectivity index is 2.46. The van der Waals surface area contributed by atoms with Crippen molar-refractivity contribution >= 4 is 17.5 Å². The fourth-order valence-corrected chi connectivity index (χ4v) is 1.28. The van der Waals surface area contributed by atoms with Gasteiger partial charge in [-0.05, 0) is 18.6 Å². The van der Waals surface area contributed by atoms with Crippen LogP contribution in [0.1, 0.15) is 19.4 Å². The third kappa shape index (κ3) is 4.26. The van der Waals surface area contributed by atoms with Crippen LogP contribution in [-0.4, -0.2) is 18.4 Å². The molecule has 1 rings (SSSR count). The predicted molar refractivity (Wildman–Crippen MR) is 67.7 cm³/mol.